The van der Waals surface area contributed by atoms with Gasteiger partial charge in [-0.2, -0.15) is 5.10 Å². The first-order chi connectivity index (χ1) is 9.29. The van der Waals surface area contributed by atoms with Crippen LogP contribution in [0.2, 0.25) is 0 Å². The smallest absolute Gasteiger partial charge is 0.258 e. The number of alkyl halides is 1. The Kier molecular flexibility index (Phi) is 3.40. The highest BCUT2D eigenvalue weighted by Gasteiger charge is 2.34. The van der Waals surface area contributed by atoms with Gasteiger partial charge in [-0.05, 0) is 23.6 Å². The van der Waals surface area contributed by atoms with Crippen molar-refractivity contribution in [3.63, 3.8) is 0 Å². The van der Waals surface area contributed by atoms with Crippen LogP contribution >= 0.6 is 22.9 Å². The third-order valence-electron chi connectivity index (χ3n) is 2.96. The van der Waals surface area contributed by atoms with Gasteiger partial charge in [0, 0.05) is 11.3 Å². The molecule has 1 atom stereocenters. The summed E-state index contributed by atoms with van der Waals surface area (Å²) in [5.74, 6) is 0.435. The fraction of sp³-hybridized carbons (Fsp3) is 0.231. The number of rotatable bonds is 3. The molecule has 98 valence electrons. The van der Waals surface area contributed by atoms with E-state index >= 15 is 0 Å². The average molecular weight is 295 g/mol. The number of thiophene rings is 1. The molecular formula is C13H11ClN2O2S. The van der Waals surface area contributed by atoms with E-state index in [1.807, 2.05) is 29.6 Å². The highest BCUT2D eigenvalue weighted by atomic mass is 35.5. The molecule has 2 aromatic rings. The molecular weight excluding hydrogens is 284 g/mol. The SMILES string of the molecule is O=C(CCl)N1N=C(c2ccco2)C[C@H]1c1cccs1. The normalized spacial score (nSPS) is 18.7. The Morgan fingerprint density at radius 3 is 3.05 bits per heavy atom. The predicted molar refractivity (Wildman–Crippen MR) is 74.5 cm³/mol. The van der Waals surface area contributed by atoms with E-state index in [0.29, 0.717) is 12.2 Å². The highest BCUT2D eigenvalue weighted by molar-refractivity contribution is 7.10. The Hall–Kier alpha value is -1.59. The van der Waals surface area contributed by atoms with Crippen LogP contribution in [0, 0.1) is 0 Å². The van der Waals surface area contributed by atoms with Crippen molar-refractivity contribution in [1.29, 1.82) is 0 Å². The first kappa shape index (κ1) is 12.4. The molecule has 1 amide bonds. The van der Waals surface area contributed by atoms with Gasteiger partial charge in [0.1, 0.15) is 17.4 Å². The van der Waals surface area contributed by atoms with Crippen LogP contribution < -0.4 is 0 Å². The van der Waals surface area contributed by atoms with Crippen molar-refractivity contribution >= 4 is 34.6 Å². The van der Waals surface area contributed by atoms with Gasteiger partial charge in [0.15, 0.2) is 0 Å². The van der Waals surface area contributed by atoms with Gasteiger partial charge in [0.05, 0.1) is 12.3 Å². The molecule has 19 heavy (non-hydrogen) atoms. The van der Waals surface area contributed by atoms with Crippen LogP contribution in [0.3, 0.4) is 0 Å². The third kappa shape index (κ3) is 2.31. The number of carbonyl (C=O) groups excluding carboxylic acids is 1. The molecule has 1 aliphatic rings. The maximum absolute atomic E-state index is 11.9. The Labute approximate surface area is 119 Å². The summed E-state index contributed by atoms with van der Waals surface area (Å²) in [6.45, 7) is 0. The lowest BCUT2D eigenvalue weighted by Gasteiger charge is -2.19. The fourth-order valence-electron chi connectivity index (χ4n) is 2.10. The highest BCUT2D eigenvalue weighted by Crippen LogP contribution is 2.35. The molecule has 0 saturated heterocycles. The molecule has 3 heterocycles. The largest absolute Gasteiger partial charge is 0.463 e. The number of furan rings is 1. The number of nitrogens with zero attached hydrogens (tertiary/aromatic N) is 2. The van der Waals surface area contributed by atoms with Crippen molar-refractivity contribution in [2.45, 2.75) is 12.5 Å². The summed E-state index contributed by atoms with van der Waals surface area (Å²) in [7, 11) is 0. The van der Waals surface area contributed by atoms with Crippen molar-refractivity contribution in [2.75, 3.05) is 5.88 Å². The number of amides is 1. The lowest BCUT2D eigenvalue weighted by atomic mass is 10.1. The zero-order valence-electron chi connectivity index (χ0n) is 9.95. The number of hydrazone groups is 1. The minimum atomic E-state index is -0.193. The van der Waals surface area contributed by atoms with Crippen molar-refractivity contribution in [3.8, 4) is 0 Å². The Morgan fingerprint density at radius 2 is 2.42 bits per heavy atom. The number of halogens is 1. The van der Waals surface area contributed by atoms with E-state index in [9.17, 15) is 4.79 Å². The number of carbonyl (C=O) groups is 1. The molecule has 0 unspecified atom stereocenters. The summed E-state index contributed by atoms with van der Waals surface area (Å²) < 4.78 is 5.35. The van der Waals surface area contributed by atoms with Gasteiger partial charge in [-0.15, -0.1) is 22.9 Å². The Balaban J connectivity index is 1.93. The van der Waals surface area contributed by atoms with Gasteiger partial charge in [-0.25, -0.2) is 5.01 Å². The minimum absolute atomic E-state index is 0.0726. The molecule has 6 heteroatoms. The second-order valence-electron chi connectivity index (χ2n) is 4.13. The van der Waals surface area contributed by atoms with Crippen LogP contribution in [0.1, 0.15) is 23.1 Å². The molecule has 0 N–H and O–H groups in total. The van der Waals surface area contributed by atoms with Gasteiger partial charge in [0.2, 0.25) is 0 Å². The predicted octanol–water partition coefficient (Wildman–Crippen LogP) is 3.26. The van der Waals surface area contributed by atoms with Crippen molar-refractivity contribution < 1.29 is 9.21 Å². The summed E-state index contributed by atoms with van der Waals surface area (Å²) in [6.07, 6.45) is 2.25. The molecule has 0 aromatic carbocycles. The lowest BCUT2D eigenvalue weighted by molar-refractivity contribution is -0.130. The van der Waals surface area contributed by atoms with E-state index in [4.69, 9.17) is 16.0 Å². The van der Waals surface area contributed by atoms with Gasteiger partial charge in [-0.1, -0.05) is 6.07 Å². The Morgan fingerprint density at radius 1 is 1.53 bits per heavy atom. The van der Waals surface area contributed by atoms with Gasteiger partial charge in [0.25, 0.3) is 5.91 Å². The zero-order valence-corrected chi connectivity index (χ0v) is 11.5. The molecule has 0 fully saturated rings. The van der Waals surface area contributed by atoms with E-state index in [2.05, 4.69) is 5.10 Å². The van der Waals surface area contributed by atoms with Crippen LogP contribution in [0.25, 0.3) is 0 Å². The average Bonchev–Trinajstić information content (AvgIpc) is 3.14. The van der Waals surface area contributed by atoms with Gasteiger partial charge in [-0.3, -0.25) is 4.79 Å². The third-order valence-corrected chi connectivity index (χ3v) is 4.16. The van der Waals surface area contributed by atoms with E-state index in [1.165, 1.54) is 5.01 Å². The zero-order chi connectivity index (χ0) is 13.2. The topological polar surface area (TPSA) is 45.8 Å². The molecule has 0 bridgehead atoms. The minimum Gasteiger partial charge on any atom is -0.463 e. The van der Waals surface area contributed by atoms with Crippen LogP contribution in [0.5, 0.6) is 0 Å². The molecule has 3 rings (SSSR count). The molecule has 0 saturated carbocycles. The quantitative estimate of drug-likeness (QED) is 0.816. The summed E-state index contributed by atoms with van der Waals surface area (Å²) >= 11 is 7.26. The summed E-state index contributed by atoms with van der Waals surface area (Å²) in [4.78, 5) is 13.0. The summed E-state index contributed by atoms with van der Waals surface area (Å²) in [6, 6.07) is 7.55. The maximum atomic E-state index is 11.9. The molecule has 2 aromatic heterocycles. The molecule has 0 aliphatic carbocycles. The first-order valence-corrected chi connectivity index (χ1v) is 7.24. The molecule has 0 radical (unpaired) electrons. The van der Waals surface area contributed by atoms with Crippen LogP contribution in [0.15, 0.2) is 45.4 Å². The van der Waals surface area contributed by atoms with Crippen molar-refractivity contribution in [1.82, 2.24) is 5.01 Å². The summed E-state index contributed by atoms with van der Waals surface area (Å²) in [5.41, 5.74) is 0.780. The van der Waals surface area contributed by atoms with Crippen LogP contribution in [-0.4, -0.2) is 22.5 Å². The monoisotopic (exact) mass is 294 g/mol. The lowest BCUT2D eigenvalue weighted by Crippen LogP contribution is -2.27. The van der Waals surface area contributed by atoms with Crippen LogP contribution in [0.4, 0.5) is 0 Å². The number of hydrogen-bond donors (Lipinski definition) is 0. The molecule has 1 aliphatic heterocycles. The molecule has 0 spiro atoms. The van der Waals surface area contributed by atoms with Crippen molar-refractivity contribution in [3.05, 3.63) is 46.5 Å². The fourth-order valence-corrected chi connectivity index (χ4v) is 3.03. The maximum Gasteiger partial charge on any atom is 0.258 e. The van der Waals surface area contributed by atoms with E-state index in [1.54, 1.807) is 17.6 Å². The summed E-state index contributed by atoms with van der Waals surface area (Å²) in [5, 5.41) is 7.83. The first-order valence-electron chi connectivity index (χ1n) is 5.82. The second-order valence-corrected chi connectivity index (χ2v) is 5.38. The second kappa shape index (κ2) is 5.19. The van der Waals surface area contributed by atoms with E-state index < -0.39 is 0 Å². The number of hydrogen-bond acceptors (Lipinski definition) is 4. The van der Waals surface area contributed by atoms with E-state index in [0.717, 1.165) is 10.6 Å². The van der Waals surface area contributed by atoms with Gasteiger partial charge >= 0.3 is 0 Å². The standard InChI is InChI=1S/C13H11ClN2O2S/c14-8-13(17)16-10(12-4-2-6-19-12)7-9(15-16)11-3-1-5-18-11/h1-6,10H,7-8H2/t10-/m0/s1. The van der Waals surface area contributed by atoms with E-state index in [-0.39, 0.29) is 17.8 Å². The van der Waals surface area contributed by atoms with Crippen LogP contribution in [-0.2, 0) is 4.79 Å². The van der Waals surface area contributed by atoms with Crippen molar-refractivity contribution in [2.24, 2.45) is 5.10 Å². The van der Waals surface area contributed by atoms with Gasteiger partial charge < -0.3 is 4.42 Å². The Bertz CT molecular complexity index is 592. The molecule has 4 nitrogen and oxygen atoms in total.